The minimum atomic E-state index is -0.700. The van der Waals surface area contributed by atoms with Crippen LogP contribution in [0, 0.1) is 0 Å². The van der Waals surface area contributed by atoms with Crippen LogP contribution in [0.5, 0.6) is 0 Å². The van der Waals surface area contributed by atoms with Crippen molar-refractivity contribution in [3.05, 3.63) is 69.2 Å². The van der Waals surface area contributed by atoms with Gasteiger partial charge in [-0.3, -0.25) is 19.0 Å². The minimum absolute atomic E-state index is 0.238. The summed E-state index contributed by atoms with van der Waals surface area (Å²) in [5, 5.41) is 5.15. The number of alkyl halides is 1. The fourth-order valence-electron chi connectivity index (χ4n) is 4.50. The van der Waals surface area contributed by atoms with E-state index in [1.165, 1.54) is 9.27 Å². The lowest BCUT2D eigenvalue weighted by Crippen LogP contribution is -2.33. The van der Waals surface area contributed by atoms with Crippen molar-refractivity contribution < 1.29 is 9.53 Å². The monoisotopic (exact) mass is 537 g/mol. The Morgan fingerprint density at radius 2 is 1.53 bits per heavy atom. The summed E-state index contributed by atoms with van der Waals surface area (Å²) in [5.74, 6) is -0.300. The van der Waals surface area contributed by atoms with Gasteiger partial charge in [0.05, 0.1) is 6.61 Å². The summed E-state index contributed by atoms with van der Waals surface area (Å²) in [6.07, 6.45) is 2.09. The van der Waals surface area contributed by atoms with Gasteiger partial charge in [0.1, 0.15) is 4.32 Å². The van der Waals surface area contributed by atoms with Gasteiger partial charge in [-0.2, -0.15) is 0 Å². The van der Waals surface area contributed by atoms with E-state index < -0.39 is 4.32 Å². The Balaban J connectivity index is 1.46. The fourth-order valence-corrected chi connectivity index (χ4v) is 5.73. The number of benzene rings is 3. The van der Waals surface area contributed by atoms with Gasteiger partial charge in [-0.1, -0.05) is 40.2 Å². The molecule has 174 valence electrons. The summed E-state index contributed by atoms with van der Waals surface area (Å²) >= 11 is 4.97. The Bertz CT molecular complexity index is 1630. The lowest BCUT2D eigenvalue weighted by Gasteiger charge is -2.15. The number of halogens is 1. The van der Waals surface area contributed by atoms with E-state index >= 15 is 0 Å². The average molecular weight is 538 g/mol. The number of hydrogen-bond acceptors (Lipinski definition) is 5. The molecule has 0 amide bonds. The number of fused-ring (bicyclic) bond motifs is 2. The van der Waals surface area contributed by atoms with Crippen molar-refractivity contribution in [2.75, 3.05) is 6.61 Å². The number of carbonyl (C=O) groups is 1. The molecular weight excluding hydrogens is 514 g/mol. The highest BCUT2D eigenvalue weighted by Gasteiger charge is 2.25. The quantitative estimate of drug-likeness (QED) is 0.0813. The maximum atomic E-state index is 13.3. The summed E-state index contributed by atoms with van der Waals surface area (Å²) < 4.78 is 8.17. The zero-order valence-electron chi connectivity index (χ0n) is 19.0. The van der Waals surface area contributed by atoms with Crippen LogP contribution < -0.4 is 11.1 Å². The molecule has 2 aromatic heterocycles. The number of nitrogens with zero attached hydrogens (tertiary/aromatic N) is 1. The molecule has 0 saturated carbocycles. The number of rotatable bonds is 7. The number of aromatic nitrogens is 1. The molecule has 3 aromatic carbocycles. The SMILES string of the molecule is CC(C)(Br)C(=O)OCCCCCn1c(=O)c2ccc3sc4ccccc4c4ccc(c1=O)c2c34. The first-order valence-electron chi connectivity index (χ1n) is 11.4. The molecule has 5 rings (SSSR count). The van der Waals surface area contributed by atoms with E-state index in [0.717, 1.165) is 32.7 Å². The van der Waals surface area contributed by atoms with Crippen LogP contribution in [0.3, 0.4) is 0 Å². The largest absolute Gasteiger partial charge is 0.465 e. The molecule has 0 bridgehead atoms. The fraction of sp³-hybridized carbons (Fsp3) is 0.296. The van der Waals surface area contributed by atoms with Gasteiger partial charge >= 0.3 is 5.97 Å². The number of ether oxygens (including phenoxy) is 1. The Morgan fingerprint density at radius 1 is 0.853 bits per heavy atom. The molecule has 2 heterocycles. The number of carbonyl (C=O) groups excluding carboxylic acids is 1. The van der Waals surface area contributed by atoms with Crippen molar-refractivity contribution in [3.8, 4) is 0 Å². The van der Waals surface area contributed by atoms with Crippen LogP contribution in [0.25, 0.3) is 41.7 Å². The van der Waals surface area contributed by atoms with Gasteiger partial charge < -0.3 is 4.74 Å². The molecule has 7 heteroatoms. The molecule has 5 aromatic rings. The molecule has 0 saturated heterocycles. The summed E-state index contributed by atoms with van der Waals surface area (Å²) in [6, 6.07) is 16.0. The second kappa shape index (κ2) is 8.78. The van der Waals surface area contributed by atoms with Crippen LogP contribution in [0.2, 0.25) is 0 Å². The Kier molecular flexibility index (Phi) is 5.94. The molecule has 0 aliphatic heterocycles. The molecular formula is C27H24BrNO4S. The highest BCUT2D eigenvalue weighted by atomic mass is 79.9. The minimum Gasteiger partial charge on any atom is -0.465 e. The Morgan fingerprint density at radius 3 is 2.26 bits per heavy atom. The summed E-state index contributed by atoms with van der Waals surface area (Å²) in [4.78, 5) is 38.5. The van der Waals surface area contributed by atoms with Gasteiger partial charge in [-0.05, 0) is 68.1 Å². The van der Waals surface area contributed by atoms with Gasteiger partial charge in [0, 0.05) is 37.5 Å². The standard InChI is InChI=1S/C27H24BrNO4S/c1-27(2,28)26(32)33-15-7-3-6-14-29-24(30)18-11-10-17-16-8-4-5-9-20(16)34-21-13-12-19(25(29)31)22(18)23(17)21/h4-5,8-13H,3,6-7,14-15H2,1-2H3. The van der Waals surface area contributed by atoms with Crippen LogP contribution >= 0.6 is 27.3 Å². The topological polar surface area (TPSA) is 65.4 Å². The van der Waals surface area contributed by atoms with Crippen LogP contribution in [-0.4, -0.2) is 21.5 Å². The van der Waals surface area contributed by atoms with E-state index in [0.29, 0.717) is 36.8 Å². The number of hydrogen-bond donors (Lipinski definition) is 0. The third-order valence-corrected chi connectivity index (χ3v) is 7.68. The molecule has 0 radical (unpaired) electrons. The maximum Gasteiger partial charge on any atom is 0.322 e. The van der Waals surface area contributed by atoms with Gasteiger partial charge in [0.2, 0.25) is 0 Å². The third kappa shape index (κ3) is 3.91. The Labute approximate surface area is 208 Å². The lowest BCUT2D eigenvalue weighted by molar-refractivity contribution is -0.145. The van der Waals surface area contributed by atoms with E-state index in [-0.39, 0.29) is 17.1 Å². The number of esters is 1. The molecule has 0 atom stereocenters. The summed E-state index contributed by atoms with van der Waals surface area (Å²) in [7, 11) is 0. The van der Waals surface area contributed by atoms with E-state index in [1.807, 2.05) is 36.4 Å². The van der Waals surface area contributed by atoms with Gasteiger partial charge in [0.15, 0.2) is 0 Å². The highest BCUT2D eigenvalue weighted by Crippen LogP contribution is 2.39. The molecule has 0 spiro atoms. The van der Waals surface area contributed by atoms with Crippen molar-refractivity contribution in [1.29, 1.82) is 0 Å². The van der Waals surface area contributed by atoms with Crippen molar-refractivity contribution in [2.45, 2.75) is 44.0 Å². The van der Waals surface area contributed by atoms with Crippen LogP contribution in [0.1, 0.15) is 33.1 Å². The van der Waals surface area contributed by atoms with Gasteiger partial charge in [-0.25, -0.2) is 0 Å². The van der Waals surface area contributed by atoms with Gasteiger partial charge in [-0.15, -0.1) is 11.3 Å². The Hall–Kier alpha value is -2.77. The number of pyridine rings is 1. The molecule has 5 nitrogen and oxygen atoms in total. The van der Waals surface area contributed by atoms with E-state index in [1.54, 1.807) is 25.2 Å². The van der Waals surface area contributed by atoms with Crippen molar-refractivity contribution in [2.24, 2.45) is 0 Å². The molecule has 0 unspecified atom stereocenters. The maximum absolute atomic E-state index is 13.3. The predicted octanol–water partition coefficient (Wildman–Crippen LogP) is 6.21. The van der Waals surface area contributed by atoms with Crippen molar-refractivity contribution in [3.63, 3.8) is 0 Å². The third-order valence-electron chi connectivity index (χ3n) is 6.22. The van der Waals surface area contributed by atoms with E-state index in [9.17, 15) is 14.4 Å². The van der Waals surface area contributed by atoms with Crippen LogP contribution in [0.4, 0.5) is 0 Å². The normalized spacial score (nSPS) is 12.3. The van der Waals surface area contributed by atoms with Crippen molar-refractivity contribution in [1.82, 2.24) is 4.57 Å². The molecule has 0 fully saturated rings. The molecule has 0 aliphatic rings. The molecule has 34 heavy (non-hydrogen) atoms. The van der Waals surface area contributed by atoms with Crippen molar-refractivity contribution >= 4 is 75.0 Å². The molecule has 0 N–H and O–H groups in total. The average Bonchev–Trinajstić information content (AvgIpc) is 2.81. The lowest BCUT2D eigenvalue weighted by atomic mass is 9.97. The molecule has 0 aliphatic carbocycles. The summed E-state index contributed by atoms with van der Waals surface area (Å²) in [5.41, 5.74) is -0.477. The van der Waals surface area contributed by atoms with E-state index in [4.69, 9.17) is 4.74 Å². The first kappa shape index (κ1) is 23.0. The van der Waals surface area contributed by atoms with Gasteiger partial charge in [0.25, 0.3) is 11.1 Å². The zero-order valence-corrected chi connectivity index (χ0v) is 21.4. The summed E-state index contributed by atoms with van der Waals surface area (Å²) in [6.45, 7) is 4.15. The second-order valence-corrected chi connectivity index (χ2v) is 12.1. The first-order chi connectivity index (χ1) is 16.3. The van der Waals surface area contributed by atoms with Crippen LogP contribution in [-0.2, 0) is 16.1 Å². The highest BCUT2D eigenvalue weighted by molar-refractivity contribution is 9.10. The second-order valence-electron chi connectivity index (χ2n) is 9.05. The smallest absolute Gasteiger partial charge is 0.322 e. The van der Waals surface area contributed by atoms with Crippen LogP contribution in [0.15, 0.2) is 58.1 Å². The predicted molar refractivity (Wildman–Crippen MR) is 144 cm³/mol. The number of unbranched alkanes of at least 4 members (excludes halogenated alkanes) is 2. The zero-order chi connectivity index (χ0) is 24.0. The van der Waals surface area contributed by atoms with E-state index in [2.05, 4.69) is 28.1 Å². The first-order valence-corrected chi connectivity index (χ1v) is 13.0.